The van der Waals surface area contributed by atoms with E-state index in [4.69, 9.17) is 11.6 Å². The molecule has 0 saturated heterocycles. The predicted molar refractivity (Wildman–Crippen MR) is 86.0 cm³/mol. The summed E-state index contributed by atoms with van der Waals surface area (Å²) in [6.45, 7) is 2.38. The van der Waals surface area contributed by atoms with E-state index in [9.17, 15) is 9.59 Å². The molecule has 2 aromatic rings. The number of nitrogens with one attached hydrogen (secondary N) is 1. The third-order valence-corrected chi connectivity index (χ3v) is 3.93. The number of hydrogen-bond donors (Lipinski definition) is 1. The minimum atomic E-state index is -0.216. The molecule has 0 aliphatic carbocycles. The van der Waals surface area contributed by atoms with E-state index in [-0.39, 0.29) is 18.4 Å². The van der Waals surface area contributed by atoms with E-state index in [2.05, 4.69) is 5.32 Å². The Balaban J connectivity index is 1.67. The molecule has 112 valence electrons. The lowest BCUT2D eigenvalue weighted by Crippen LogP contribution is -2.33. The maximum absolute atomic E-state index is 12.2. The summed E-state index contributed by atoms with van der Waals surface area (Å²) in [7, 11) is 0. The molecule has 2 aromatic carbocycles. The Hall–Kier alpha value is -2.33. The van der Waals surface area contributed by atoms with Crippen LogP contribution < -0.4 is 5.32 Å². The van der Waals surface area contributed by atoms with Gasteiger partial charge in [-0.2, -0.15) is 0 Å². The van der Waals surface area contributed by atoms with Gasteiger partial charge in [-0.3, -0.25) is 9.59 Å². The molecule has 0 unspecified atom stereocenters. The average Bonchev–Trinajstić information content (AvgIpc) is 2.79. The monoisotopic (exact) mass is 314 g/mol. The summed E-state index contributed by atoms with van der Waals surface area (Å²) in [4.78, 5) is 25.9. The number of benzene rings is 2. The summed E-state index contributed by atoms with van der Waals surface area (Å²) in [5.74, 6) is -0.315. The Morgan fingerprint density at radius 1 is 1.27 bits per heavy atom. The van der Waals surface area contributed by atoms with Crippen LogP contribution in [0.25, 0.3) is 0 Å². The van der Waals surface area contributed by atoms with Crippen molar-refractivity contribution in [3.05, 3.63) is 64.2 Å². The Morgan fingerprint density at radius 2 is 2.05 bits per heavy atom. The maximum atomic E-state index is 12.2. The number of nitrogens with zero attached hydrogens (tertiary/aromatic N) is 1. The van der Waals surface area contributed by atoms with Crippen LogP contribution >= 0.6 is 11.6 Å². The highest BCUT2D eigenvalue weighted by Crippen LogP contribution is 2.23. The summed E-state index contributed by atoms with van der Waals surface area (Å²) >= 11 is 5.90. The Bertz CT molecular complexity index is 758. The molecule has 0 bridgehead atoms. The molecule has 5 heteroatoms. The Labute approximate surface area is 133 Å². The molecule has 3 rings (SSSR count). The van der Waals surface area contributed by atoms with Crippen LogP contribution in [-0.2, 0) is 11.3 Å². The first-order valence-corrected chi connectivity index (χ1v) is 7.35. The van der Waals surface area contributed by atoms with E-state index < -0.39 is 0 Å². The highest BCUT2D eigenvalue weighted by molar-refractivity contribution is 6.30. The zero-order valence-electron chi connectivity index (χ0n) is 12.1. The van der Waals surface area contributed by atoms with E-state index in [0.717, 1.165) is 11.1 Å². The maximum Gasteiger partial charge on any atom is 0.254 e. The minimum absolute atomic E-state index is 0.0373. The quantitative estimate of drug-likeness (QED) is 0.945. The summed E-state index contributed by atoms with van der Waals surface area (Å²) in [6, 6.07) is 12.7. The van der Waals surface area contributed by atoms with Crippen LogP contribution in [0.5, 0.6) is 0 Å². The predicted octanol–water partition coefficient (Wildman–Crippen LogP) is 3.24. The first-order valence-electron chi connectivity index (χ1n) is 6.98. The number of amides is 2. The van der Waals surface area contributed by atoms with Gasteiger partial charge in [0.15, 0.2) is 0 Å². The Morgan fingerprint density at radius 3 is 2.77 bits per heavy atom. The second-order valence-corrected chi connectivity index (χ2v) is 5.76. The standard InChI is InChI=1S/C17H15ClN2O2/c1-11-8-13(18)6-7-15(11)19-16(21)10-20-9-12-4-2-3-5-14(12)17(20)22/h2-8H,9-10H2,1H3,(H,19,21). The molecule has 0 radical (unpaired) electrons. The van der Waals surface area contributed by atoms with Gasteiger partial charge in [-0.25, -0.2) is 0 Å². The smallest absolute Gasteiger partial charge is 0.254 e. The number of anilines is 1. The molecule has 22 heavy (non-hydrogen) atoms. The van der Waals surface area contributed by atoms with E-state index in [1.807, 2.05) is 25.1 Å². The summed E-state index contributed by atoms with van der Waals surface area (Å²) < 4.78 is 0. The fourth-order valence-electron chi connectivity index (χ4n) is 2.57. The number of aryl methyl sites for hydroxylation is 1. The number of hydrogen-bond acceptors (Lipinski definition) is 2. The lowest BCUT2D eigenvalue weighted by Gasteiger charge is -2.16. The van der Waals surface area contributed by atoms with Crippen molar-refractivity contribution < 1.29 is 9.59 Å². The molecule has 4 nitrogen and oxygen atoms in total. The molecule has 1 aliphatic rings. The molecular formula is C17H15ClN2O2. The lowest BCUT2D eigenvalue weighted by atomic mass is 10.1. The van der Waals surface area contributed by atoms with Crippen molar-refractivity contribution in [3.8, 4) is 0 Å². The molecule has 1 heterocycles. The van der Waals surface area contributed by atoms with Gasteiger partial charge in [0.25, 0.3) is 5.91 Å². The van der Waals surface area contributed by atoms with Gasteiger partial charge in [-0.15, -0.1) is 0 Å². The lowest BCUT2D eigenvalue weighted by molar-refractivity contribution is -0.116. The van der Waals surface area contributed by atoms with E-state index in [1.54, 1.807) is 29.2 Å². The largest absolute Gasteiger partial charge is 0.325 e. The van der Waals surface area contributed by atoms with Gasteiger partial charge in [-0.05, 0) is 42.3 Å². The van der Waals surface area contributed by atoms with E-state index >= 15 is 0 Å². The molecule has 0 aromatic heterocycles. The minimum Gasteiger partial charge on any atom is -0.325 e. The topological polar surface area (TPSA) is 49.4 Å². The highest BCUT2D eigenvalue weighted by Gasteiger charge is 2.28. The normalized spacial score (nSPS) is 13.2. The fraction of sp³-hybridized carbons (Fsp3) is 0.176. The molecule has 2 amide bonds. The second kappa shape index (κ2) is 5.81. The van der Waals surface area contributed by atoms with Gasteiger partial charge in [0, 0.05) is 22.8 Å². The van der Waals surface area contributed by atoms with Gasteiger partial charge in [-0.1, -0.05) is 29.8 Å². The first kappa shape index (κ1) is 14.6. The van der Waals surface area contributed by atoms with Gasteiger partial charge in [0.05, 0.1) is 0 Å². The third kappa shape index (κ3) is 2.83. The van der Waals surface area contributed by atoms with Crippen molar-refractivity contribution in [2.45, 2.75) is 13.5 Å². The second-order valence-electron chi connectivity index (χ2n) is 5.33. The van der Waals surface area contributed by atoms with Crippen LogP contribution in [0.3, 0.4) is 0 Å². The van der Waals surface area contributed by atoms with Gasteiger partial charge >= 0.3 is 0 Å². The summed E-state index contributed by atoms with van der Waals surface area (Å²) in [5.41, 5.74) is 3.23. The number of fused-ring (bicyclic) bond motifs is 1. The number of rotatable bonds is 3. The van der Waals surface area contributed by atoms with E-state index in [0.29, 0.717) is 22.8 Å². The molecular weight excluding hydrogens is 300 g/mol. The summed E-state index contributed by atoms with van der Waals surface area (Å²) in [5, 5.41) is 3.45. The average molecular weight is 315 g/mol. The summed E-state index contributed by atoms with van der Waals surface area (Å²) in [6.07, 6.45) is 0. The van der Waals surface area contributed by atoms with E-state index in [1.165, 1.54) is 0 Å². The zero-order valence-corrected chi connectivity index (χ0v) is 12.9. The highest BCUT2D eigenvalue weighted by atomic mass is 35.5. The van der Waals surface area contributed by atoms with Crippen molar-refractivity contribution in [2.24, 2.45) is 0 Å². The van der Waals surface area contributed by atoms with Crippen LogP contribution in [0.1, 0.15) is 21.5 Å². The van der Waals surface area contributed by atoms with Crippen LogP contribution in [0.4, 0.5) is 5.69 Å². The molecule has 1 aliphatic heterocycles. The van der Waals surface area contributed by atoms with Crippen LogP contribution in [0, 0.1) is 6.92 Å². The molecule has 0 atom stereocenters. The molecule has 0 saturated carbocycles. The fourth-order valence-corrected chi connectivity index (χ4v) is 2.80. The van der Waals surface area contributed by atoms with Crippen molar-refractivity contribution in [2.75, 3.05) is 11.9 Å². The molecule has 0 fully saturated rings. The van der Waals surface area contributed by atoms with Gasteiger partial charge < -0.3 is 10.2 Å². The molecule has 1 N–H and O–H groups in total. The number of carbonyl (C=O) groups excluding carboxylic acids is 2. The van der Waals surface area contributed by atoms with Crippen molar-refractivity contribution in [3.63, 3.8) is 0 Å². The van der Waals surface area contributed by atoms with Crippen LogP contribution in [0.2, 0.25) is 5.02 Å². The van der Waals surface area contributed by atoms with Gasteiger partial charge in [0.1, 0.15) is 6.54 Å². The third-order valence-electron chi connectivity index (χ3n) is 3.69. The van der Waals surface area contributed by atoms with Crippen LogP contribution in [-0.4, -0.2) is 23.3 Å². The van der Waals surface area contributed by atoms with Crippen molar-refractivity contribution in [1.29, 1.82) is 0 Å². The zero-order chi connectivity index (χ0) is 15.7. The van der Waals surface area contributed by atoms with Crippen LogP contribution in [0.15, 0.2) is 42.5 Å². The SMILES string of the molecule is Cc1cc(Cl)ccc1NC(=O)CN1Cc2ccccc2C1=O. The van der Waals surface area contributed by atoms with Crippen molar-refractivity contribution in [1.82, 2.24) is 4.90 Å². The number of halogens is 1. The van der Waals surface area contributed by atoms with Gasteiger partial charge in [0.2, 0.25) is 5.91 Å². The molecule has 0 spiro atoms. The Kier molecular flexibility index (Phi) is 3.86. The van der Waals surface area contributed by atoms with Crippen molar-refractivity contribution >= 4 is 29.1 Å². The first-order chi connectivity index (χ1) is 10.5. The number of carbonyl (C=O) groups is 2.